The first-order valence-electron chi connectivity index (χ1n) is 10.2. The molecule has 3 heterocycles. The van der Waals surface area contributed by atoms with Crippen molar-refractivity contribution in [1.82, 2.24) is 15.1 Å². The van der Waals surface area contributed by atoms with Gasteiger partial charge in [0.05, 0.1) is 12.0 Å². The van der Waals surface area contributed by atoms with Crippen molar-refractivity contribution in [2.75, 3.05) is 45.9 Å². The fraction of sp³-hybridized carbons (Fsp3) is 0.619. The Morgan fingerprint density at radius 1 is 1.18 bits per heavy atom. The first-order chi connectivity index (χ1) is 13.5. The van der Waals surface area contributed by atoms with Crippen molar-refractivity contribution in [2.24, 2.45) is 0 Å². The number of piperidine rings is 1. The van der Waals surface area contributed by atoms with Crippen LogP contribution in [0.15, 0.2) is 18.2 Å². The lowest BCUT2D eigenvalue weighted by Gasteiger charge is -2.43. The number of fused-ring (bicyclic) bond motifs is 1. The Kier molecular flexibility index (Phi) is 5.19. The van der Waals surface area contributed by atoms with Crippen LogP contribution in [0, 0.1) is 0 Å². The van der Waals surface area contributed by atoms with Crippen molar-refractivity contribution in [3.63, 3.8) is 0 Å². The van der Waals surface area contributed by atoms with E-state index in [9.17, 15) is 9.59 Å². The summed E-state index contributed by atoms with van der Waals surface area (Å²) in [6.07, 6.45) is 1.88. The number of carbonyl (C=O) groups excluding carboxylic acids is 2. The molecule has 7 heteroatoms. The number of benzene rings is 1. The number of hydrogen-bond acceptors (Lipinski definition) is 5. The third-order valence-electron chi connectivity index (χ3n) is 6.05. The minimum Gasteiger partial charge on any atom is -0.486 e. The highest BCUT2D eigenvalue weighted by Crippen LogP contribution is 2.36. The summed E-state index contributed by atoms with van der Waals surface area (Å²) < 4.78 is 11.3. The van der Waals surface area contributed by atoms with Gasteiger partial charge < -0.3 is 24.6 Å². The van der Waals surface area contributed by atoms with E-state index in [0.29, 0.717) is 32.1 Å². The van der Waals surface area contributed by atoms with E-state index in [0.717, 1.165) is 43.8 Å². The molecule has 1 N–H and O–H groups in total. The molecule has 7 nitrogen and oxygen atoms in total. The SMILES string of the molecule is CC(C)(C(=O)N1CCCC(N2CCNCC2=O)C1)c1ccc2c(c1)OCCO2. The number of rotatable bonds is 3. The molecule has 152 valence electrons. The van der Waals surface area contributed by atoms with Gasteiger partial charge in [-0.3, -0.25) is 9.59 Å². The summed E-state index contributed by atoms with van der Waals surface area (Å²) in [4.78, 5) is 29.6. The zero-order valence-corrected chi connectivity index (χ0v) is 16.7. The zero-order valence-electron chi connectivity index (χ0n) is 16.7. The summed E-state index contributed by atoms with van der Waals surface area (Å²) in [5.74, 6) is 1.66. The summed E-state index contributed by atoms with van der Waals surface area (Å²) in [7, 11) is 0. The molecule has 3 aliphatic heterocycles. The van der Waals surface area contributed by atoms with E-state index in [-0.39, 0.29) is 17.9 Å². The molecule has 0 bridgehead atoms. The fourth-order valence-electron chi connectivity index (χ4n) is 4.35. The van der Waals surface area contributed by atoms with E-state index in [1.807, 2.05) is 41.8 Å². The van der Waals surface area contributed by atoms with Crippen molar-refractivity contribution in [2.45, 2.75) is 38.1 Å². The molecule has 0 aliphatic carbocycles. The molecular formula is C21H29N3O4. The van der Waals surface area contributed by atoms with Gasteiger partial charge in [0.1, 0.15) is 13.2 Å². The molecule has 3 aliphatic rings. The molecule has 4 rings (SSSR count). The summed E-state index contributed by atoms with van der Waals surface area (Å²) >= 11 is 0. The monoisotopic (exact) mass is 387 g/mol. The Hall–Kier alpha value is -2.28. The Balaban J connectivity index is 1.50. The first kappa shape index (κ1) is 19.1. The summed E-state index contributed by atoms with van der Waals surface area (Å²) in [6, 6.07) is 5.88. The van der Waals surface area contributed by atoms with Crippen LogP contribution in [0.2, 0.25) is 0 Å². The van der Waals surface area contributed by atoms with Crippen LogP contribution in [0.3, 0.4) is 0 Å². The van der Waals surface area contributed by atoms with Crippen LogP contribution in [0.4, 0.5) is 0 Å². The molecule has 2 fully saturated rings. The lowest BCUT2D eigenvalue weighted by molar-refractivity contribution is -0.143. The number of piperazine rings is 1. The molecule has 0 spiro atoms. The molecule has 2 amide bonds. The van der Waals surface area contributed by atoms with Crippen molar-refractivity contribution >= 4 is 11.8 Å². The molecule has 0 radical (unpaired) electrons. The van der Waals surface area contributed by atoms with E-state index in [2.05, 4.69) is 5.32 Å². The van der Waals surface area contributed by atoms with Crippen molar-refractivity contribution in [1.29, 1.82) is 0 Å². The second-order valence-electron chi connectivity index (χ2n) is 8.29. The van der Waals surface area contributed by atoms with E-state index < -0.39 is 5.41 Å². The second kappa shape index (κ2) is 7.62. The maximum Gasteiger partial charge on any atom is 0.236 e. The standard InChI is InChI=1S/C21H29N3O4/c1-21(2,15-5-6-17-18(12-15)28-11-10-27-17)20(26)23-8-3-4-16(14-23)24-9-7-22-13-19(24)25/h5-6,12,16,22H,3-4,7-11,13-14H2,1-2H3. The van der Waals surface area contributed by atoms with Gasteiger partial charge in [-0.25, -0.2) is 0 Å². The van der Waals surface area contributed by atoms with E-state index in [4.69, 9.17) is 9.47 Å². The molecular weight excluding hydrogens is 358 g/mol. The topological polar surface area (TPSA) is 71.1 Å². The highest BCUT2D eigenvalue weighted by Gasteiger charge is 2.38. The quantitative estimate of drug-likeness (QED) is 0.843. The van der Waals surface area contributed by atoms with Gasteiger partial charge in [0.25, 0.3) is 0 Å². The van der Waals surface area contributed by atoms with Crippen LogP contribution in [-0.4, -0.2) is 73.6 Å². The third-order valence-corrected chi connectivity index (χ3v) is 6.05. The van der Waals surface area contributed by atoms with Gasteiger partial charge in [-0.05, 0) is 44.4 Å². The van der Waals surface area contributed by atoms with Crippen molar-refractivity contribution < 1.29 is 19.1 Å². The second-order valence-corrected chi connectivity index (χ2v) is 8.29. The highest BCUT2D eigenvalue weighted by atomic mass is 16.6. The van der Waals surface area contributed by atoms with Gasteiger partial charge in [-0.2, -0.15) is 0 Å². The van der Waals surface area contributed by atoms with Crippen LogP contribution in [0.5, 0.6) is 11.5 Å². The minimum atomic E-state index is -0.675. The van der Waals surface area contributed by atoms with E-state index in [1.165, 1.54) is 0 Å². The van der Waals surface area contributed by atoms with Crippen LogP contribution in [0.1, 0.15) is 32.3 Å². The first-order valence-corrected chi connectivity index (χ1v) is 10.2. The maximum atomic E-state index is 13.4. The van der Waals surface area contributed by atoms with Crippen LogP contribution in [0.25, 0.3) is 0 Å². The number of amides is 2. The van der Waals surface area contributed by atoms with E-state index in [1.54, 1.807) is 0 Å². The van der Waals surface area contributed by atoms with Gasteiger partial charge in [0.2, 0.25) is 11.8 Å². The molecule has 0 saturated carbocycles. The predicted octanol–water partition coefficient (Wildman–Crippen LogP) is 1.16. The molecule has 28 heavy (non-hydrogen) atoms. The van der Waals surface area contributed by atoms with Crippen LogP contribution in [-0.2, 0) is 15.0 Å². The molecule has 1 atom stereocenters. The number of ether oxygens (including phenoxy) is 2. The Labute approximate surface area is 166 Å². The van der Waals surface area contributed by atoms with Crippen molar-refractivity contribution in [3.05, 3.63) is 23.8 Å². The fourth-order valence-corrected chi connectivity index (χ4v) is 4.35. The maximum absolute atomic E-state index is 13.4. The molecule has 1 unspecified atom stereocenters. The number of nitrogens with one attached hydrogen (secondary N) is 1. The number of nitrogens with zero attached hydrogens (tertiary/aromatic N) is 2. The molecule has 2 saturated heterocycles. The normalized spacial score (nSPS) is 22.9. The smallest absolute Gasteiger partial charge is 0.236 e. The van der Waals surface area contributed by atoms with E-state index >= 15 is 0 Å². The minimum absolute atomic E-state index is 0.0939. The number of carbonyl (C=O) groups is 2. The Morgan fingerprint density at radius 2 is 1.96 bits per heavy atom. The average Bonchev–Trinajstić information content (AvgIpc) is 2.73. The van der Waals surface area contributed by atoms with Gasteiger partial charge in [-0.1, -0.05) is 6.07 Å². The lowest BCUT2D eigenvalue weighted by atomic mass is 9.82. The van der Waals surface area contributed by atoms with Gasteiger partial charge in [0, 0.05) is 32.2 Å². The summed E-state index contributed by atoms with van der Waals surface area (Å²) in [5.41, 5.74) is 0.243. The molecule has 1 aromatic carbocycles. The lowest BCUT2D eigenvalue weighted by Crippen LogP contribution is -2.58. The molecule has 1 aromatic rings. The Bertz CT molecular complexity index is 764. The van der Waals surface area contributed by atoms with Crippen molar-refractivity contribution in [3.8, 4) is 11.5 Å². The zero-order chi connectivity index (χ0) is 19.7. The summed E-state index contributed by atoms with van der Waals surface area (Å²) in [6.45, 7) is 8.28. The molecule has 0 aromatic heterocycles. The number of likely N-dealkylation sites (tertiary alicyclic amines) is 1. The average molecular weight is 387 g/mol. The van der Waals surface area contributed by atoms with Gasteiger partial charge in [-0.15, -0.1) is 0 Å². The van der Waals surface area contributed by atoms with Crippen LogP contribution >= 0.6 is 0 Å². The van der Waals surface area contributed by atoms with Crippen LogP contribution < -0.4 is 14.8 Å². The number of hydrogen-bond donors (Lipinski definition) is 1. The van der Waals surface area contributed by atoms with Gasteiger partial charge >= 0.3 is 0 Å². The predicted molar refractivity (Wildman–Crippen MR) is 105 cm³/mol. The third kappa shape index (κ3) is 3.55. The Morgan fingerprint density at radius 3 is 2.75 bits per heavy atom. The largest absolute Gasteiger partial charge is 0.486 e. The summed E-state index contributed by atoms with van der Waals surface area (Å²) in [5, 5.41) is 3.11. The van der Waals surface area contributed by atoms with Gasteiger partial charge in [0.15, 0.2) is 11.5 Å². The highest BCUT2D eigenvalue weighted by molar-refractivity contribution is 5.88.